The van der Waals surface area contributed by atoms with E-state index < -0.39 is 0 Å². The SMILES string of the molecule is CCCC(C)OCCCC(=O)Nc1ccc(N)cc1OC. The molecule has 5 heteroatoms. The van der Waals surface area contributed by atoms with E-state index in [1.807, 2.05) is 0 Å². The number of carbonyl (C=O) groups is 1. The molecule has 0 spiro atoms. The molecule has 0 bridgehead atoms. The molecule has 21 heavy (non-hydrogen) atoms. The number of ether oxygens (including phenoxy) is 2. The highest BCUT2D eigenvalue weighted by molar-refractivity contribution is 5.92. The minimum Gasteiger partial charge on any atom is -0.494 e. The average molecular weight is 294 g/mol. The van der Waals surface area contributed by atoms with Crippen LogP contribution in [0.5, 0.6) is 5.75 Å². The van der Waals surface area contributed by atoms with Gasteiger partial charge in [0.2, 0.25) is 5.91 Å². The summed E-state index contributed by atoms with van der Waals surface area (Å²) in [5.41, 5.74) is 6.91. The molecule has 1 aromatic rings. The molecule has 1 amide bonds. The van der Waals surface area contributed by atoms with Crippen LogP contribution in [-0.2, 0) is 9.53 Å². The Balaban J connectivity index is 2.34. The third-order valence-electron chi connectivity index (χ3n) is 3.15. The van der Waals surface area contributed by atoms with Crippen LogP contribution in [0.2, 0.25) is 0 Å². The zero-order valence-corrected chi connectivity index (χ0v) is 13.1. The number of benzene rings is 1. The van der Waals surface area contributed by atoms with E-state index >= 15 is 0 Å². The second kappa shape index (κ2) is 9.23. The van der Waals surface area contributed by atoms with E-state index in [2.05, 4.69) is 19.2 Å². The van der Waals surface area contributed by atoms with Crippen molar-refractivity contribution < 1.29 is 14.3 Å². The number of anilines is 2. The summed E-state index contributed by atoms with van der Waals surface area (Å²) in [6, 6.07) is 5.16. The van der Waals surface area contributed by atoms with Gasteiger partial charge in [-0.1, -0.05) is 13.3 Å². The molecule has 0 radical (unpaired) electrons. The molecular formula is C16H26N2O3. The van der Waals surface area contributed by atoms with Gasteiger partial charge < -0.3 is 20.5 Å². The molecule has 0 saturated heterocycles. The van der Waals surface area contributed by atoms with Gasteiger partial charge in [0, 0.05) is 24.8 Å². The van der Waals surface area contributed by atoms with Gasteiger partial charge in [0.1, 0.15) is 5.75 Å². The molecule has 118 valence electrons. The minimum absolute atomic E-state index is 0.0511. The van der Waals surface area contributed by atoms with Crippen LogP contribution in [0.15, 0.2) is 18.2 Å². The van der Waals surface area contributed by atoms with Crippen LogP contribution in [0.3, 0.4) is 0 Å². The van der Waals surface area contributed by atoms with E-state index in [9.17, 15) is 4.79 Å². The van der Waals surface area contributed by atoms with E-state index in [0.717, 1.165) is 12.8 Å². The van der Waals surface area contributed by atoms with E-state index in [0.29, 0.717) is 36.6 Å². The lowest BCUT2D eigenvalue weighted by Crippen LogP contribution is -2.14. The predicted molar refractivity (Wildman–Crippen MR) is 85.6 cm³/mol. The third kappa shape index (κ3) is 6.49. The molecule has 0 heterocycles. The monoisotopic (exact) mass is 294 g/mol. The summed E-state index contributed by atoms with van der Waals surface area (Å²) in [4.78, 5) is 11.9. The fraction of sp³-hybridized carbons (Fsp3) is 0.562. The fourth-order valence-electron chi connectivity index (χ4n) is 2.03. The van der Waals surface area contributed by atoms with Crippen molar-refractivity contribution in [3.63, 3.8) is 0 Å². The highest BCUT2D eigenvalue weighted by atomic mass is 16.5. The Morgan fingerprint density at radius 2 is 2.19 bits per heavy atom. The highest BCUT2D eigenvalue weighted by Crippen LogP contribution is 2.26. The lowest BCUT2D eigenvalue weighted by atomic mass is 10.2. The number of carbonyl (C=O) groups excluding carboxylic acids is 1. The number of nitrogen functional groups attached to an aromatic ring is 1. The highest BCUT2D eigenvalue weighted by Gasteiger charge is 2.08. The quantitative estimate of drug-likeness (QED) is 0.542. The van der Waals surface area contributed by atoms with Crippen molar-refractivity contribution in [3.8, 4) is 5.75 Å². The first-order chi connectivity index (χ1) is 10.1. The normalized spacial score (nSPS) is 12.0. The summed E-state index contributed by atoms with van der Waals surface area (Å²) in [6.07, 6.45) is 3.55. The molecule has 0 aromatic heterocycles. The molecule has 1 rings (SSSR count). The molecule has 3 N–H and O–H groups in total. The number of methoxy groups -OCH3 is 1. The van der Waals surface area contributed by atoms with Crippen LogP contribution in [0, 0.1) is 0 Å². The van der Waals surface area contributed by atoms with Gasteiger partial charge in [-0.15, -0.1) is 0 Å². The smallest absolute Gasteiger partial charge is 0.224 e. The Morgan fingerprint density at radius 1 is 1.43 bits per heavy atom. The van der Waals surface area contributed by atoms with E-state index in [1.165, 1.54) is 0 Å². The third-order valence-corrected chi connectivity index (χ3v) is 3.15. The Bertz CT molecular complexity index is 449. The second-order valence-corrected chi connectivity index (χ2v) is 5.08. The number of hydrogen-bond acceptors (Lipinski definition) is 4. The molecule has 0 aliphatic carbocycles. The number of nitrogens with one attached hydrogen (secondary N) is 1. The van der Waals surface area contributed by atoms with Gasteiger partial charge in [0.15, 0.2) is 0 Å². The lowest BCUT2D eigenvalue weighted by molar-refractivity contribution is -0.116. The largest absolute Gasteiger partial charge is 0.494 e. The molecule has 0 aliphatic heterocycles. The van der Waals surface area contributed by atoms with Crippen molar-refractivity contribution in [1.82, 2.24) is 0 Å². The summed E-state index contributed by atoms with van der Waals surface area (Å²) in [6.45, 7) is 4.80. The van der Waals surface area contributed by atoms with E-state index in [1.54, 1.807) is 25.3 Å². The summed E-state index contributed by atoms with van der Waals surface area (Å²) >= 11 is 0. The molecule has 0 saturated carbocycles. The number of hydrogen-bond donors (Lipinski definition) is 2. The van der Waals surface area contributed by atoms with E-state index in [-0.39, 0.29) is 12.0 Å². The van der Waals surface area contributed by atoms with Gasteiger partial charge in [-0.3, -0.25) is 4.79 Å². The first-order valence-electron chi connectivity index (χ1n) is 7.41. The average Bonchev–Trinajstić information content (AvgIpc) is 2.46. The topological polar surface area (TPSA) is 73.6 Å². The zero-order chi connectivity index (χ0) is 15.7. The maximum Gasteiger partial charge on any atom is 0.224 e. The summed E-state index contributed by atoms with van der Waals surface area (Å²) < 4.78 is 10.8. The Kier molecular flexibility index (Phi) is 7.61. The maximum absolute atomic E-state index is 11.9. The number of rotatable bonds is 9. The van der Waals surface area contributed by atoms with Gasteiger partial charge in [-0.2, -0.15) is 0 Å². The second-order valence-electron chi connectivity index (χ2n) is 5.08. The van der Waals surface area contributed by atoms with Crippen molar-refractivity contribution >= 4 is 17.3 Å². The fourth-order valence-corrected chi connectivity index (χ4v) is 2.03. The molecule has 5 nitrogen and oxygen atoms in total. The van der Waals surface area contributed by atoms with Gasteiger partial charge in [0.25, 0.3) is 0 Å². The first-order valence-corrected chi connectivity index (χ1v) is 7.41. The van der Waals surface area contributed by atoms with Crippen molar-refractivity contribution in [1.29, 1.82) is 0 Å². The molecular weight excluding hydrogens is 268 g/mol. The van der Waals surface area contributed by atoms with Gasteiger partial charge in [0.05, 0.1) is 18.9 Å². The maximum atomic E-state index is 11.9. The number of nitrogens with two attached hydrogens (primary N) is 1. The van der Waals surface area contributed by atoms with E-state index in [4.69, 9.17) is 15.2 Å². The molecule has 0 fully saturated rings. The van der Waals surface area contributed by atoms with Gasteiger partial charge >= 0.3 is 0 Å². The first kappa shape index (κ1) is 17.3. The standard InChI is InChI=1S/C16H26N2O3/c1-4-6-12(2)21-10-5-7-16(19)18-14-9-8-13(17)11-15(14)20-3/h8-9,11-12H,4-7,10,17H2,1-3H3,(H,18,19). The van der Waals surface area contributed by atoms with Crippen molar-refractivity contribution in [2.75, 3.05) is 24.8 Å². The van der Waals surface area contributed by atoms with Crippen LogP contribution in [0.25, 0.3) is 0 Å². The predicted octanol–water partition coefficient (Wildman–Crippen LogP) is 3.20. The number of amides is 1. The zero-order valence-electron chi connectivity index (χ0n) is 13.1. The summed E-state index contributed by atoms with van der Waals surface area (Å²) in [7, 11) is 1.55. The summed E-state index contributed by atoms with van der Waals surface area (Å²) in [5.74, 6) is 0.515. The Morgan fingerprint density at radius 3 is 2.86 bits per heavy atom. The van der Waals surface area contributed by atoms with Crippen LogP contribution in [0.1, 0.15) is 39.5 Å². The Hall–Kier alpha value is -1.75. The van der Waals surface area contributed by atoms with Gasteiger partial charge in [-0.25, -0.2) is 0 Å². The van der Waals surface area contributed by atoms with Crippen LogP contribution in [-0.4, -0.2) is 25.7 Å². The van der Waals surface area contributed by atoms with Crippen LogP contribution in [0.4, 0.5) is 11.4 Å². The summed E-state index contributed by atoms with van der Waals surface area (Å²) in [5, 5.41) is 2.83. The molecule has 1 unspecified atom stereocenters. The van der Waals surface area contributed by atoms with Crippen LogP contribution < -0.4 is 15.8 Å². The van der Waals surface area contributed by atoms with Gasteiger partial charge in [-0.05, 0) is 31.9 Å². The van der Waals surface area contributed by atoms with Crippen LogP contribution >= 0.6 is 0 Å². The lowest BCUT2D eigenvalue weighted by Gasteiger charge is -2.12. The molecule has 1 atom stereocenters. The molecule has 1 aromatic carbocycles. The molecule has 0 aliphatic rings. The Labute approximate surface area is 126 Å². The van der Waals surface area contributed by atoms with Crippen molar-refractivity contribution in [2.45, 2.75) is 45.6 Å². The minimum atomic E-state index is -0.0511. The van der Waals surface area contributed by atoms with Crippen molar-refractivity contribution in [2.24, 2.45) is 0 Å². The van der Waals surface area contributed by atoms with Crippen molar-refractivity contribution in [3.05, 3.63) is 18.2 Å².